The number of fused-ring (bicyclic) bond motifs is 8. The third kappa shape index (κ3) is 5.12. The second-order valence-corrected chi connectivity index (χ2v) is 13.4. The molecule has 5 fully saturated rings. The number of benzene rings is 1. The number of rotatable bonds is 5. The molecule has 2 aromatic heterocycles. The highest BCUT2D eigenvalue weighted by atomic mass is 16.4. The first-order valence-electron chi connectivity index (χ1n) is 16.2. The lowest BCUT2D eigenvalue weighted by Gasteiger charge is -2.52. The van der Waals surface area contributed by atoms with E-state index in [-0.39, 0.29) is 23.0 Å². The normalized spacial score (nSPS) is 30.0. The first-order chi connectivity index (χ1) is 20.5. The number of piperidine rings is 1. The highest BCUT2D eigenvalue weighted by Crippen LogP contribution is 2.46. The average Bonchev–Trinajstić information content (AvgIpc) is 3.13. The minimum atomic E-state index is -1.13. The van der Waals surface area contributed by atoms with Crippen molar-refractivity contribution in [2.75, 3.05) is 6.54 Å². The summed E-state index contributed by atoms with van der Waals surface area (Å²) in [7, 11) is 0. The van der Waals surface area contributed by atoms with E-state index in [1.54, 1.807) is 12.1 Å². The fourth-order valence-corrected chi connectivity index (χ4v) is 9.08. The standard InChI is InChI=1S/C34H42N4O4/c39-31-15-7-14-29(37(31)21-32(40)41)33-34(42)38(28-13-6-5-12-27(28)35-33)30-19-25-11-4-3-10-24(30)20-36(25)26-17-22-8-1-2-9-23(16-22)18-26/h5-7,12-15,22-26,30H,1-4,8-11,16-21H2,(H,40,41)/t22-,23+,24?,25-,26?,30+/m1/s1. The number of nitrogens with zero attached hydrogens (tertiary/aromatic N) is 4. The van der Waals surface area contributed by atoms with Crippen LogP contribution in [-0.4, -0.2) is 48.7 Å². The van der Waals surface area contributed by atoms with Gasteiger partial charge in [-0.25, -0.2) is 4.98 Å². The Morgan fingerprint density at radius 3 is 2.36 bits per heavy atom. The van der Waals surface area contributed by atoms with Gasteiger partial charge in [0, 0.05) is 30.7 Å². The zero-order valence-corrected chi connectivity index (χ0v) is 24.4. The molecule has 4 heterocycles. The number of pyridine rings is 1. The Labute approximate surface area is 246 Å². The molecular weight excluding hydrogens is 528 g/mol. The Hall–Kier alpha value is -3.26. The summed E-state index contributed by atoms with van der Waals surface area (Å²) >= 11 is 0. The van der Waals surface area contributed by atoms with E-state index in [9.17, 15) is 19.5 Å². The molecule has 3 saturated carbocycles. The molecule has 42 heavy (non-hydrogen) atoms. The van der Waals surface area contributed by atoms with E-state index in [4.69, 9.17) is 4.98 Å². The third-order valence-corrected chi connectivity index (χ3v) is 10.9. The van der Waals surface area contributed by atoms with E-state index < -0.39 is 18.1 Å². The molecule has 2 aliphatic heterocycles. The smallest absolute Gasteiger partial charge is 0.323 e. The quantitative estimate of drug-likeness (QED) is 0.437. The summed E-state index contributed by atoms with van der Waals surface area (Å²) in [6.45, 7) is 0.516. The van der Waals surface area contributed by atoms with Crippen molar-refractivity contribution in [3.8, 4) is 11.4 Å². The predicted molar refractivity (Wildman–Crippen MR) is 163 cm³/mol. The summed E-state index contributed by atoms with van der Waals surface area (Å²) in [5.41, 5.74) is 1.24. The van der Waals surface area contributed by atoms with Crippen LogP contribution >= 0.6 is 0 Å². The van der Waals surface area contributed by atoms with Crippen LogP contribution in [-0.2, 0) is 11.3 Å². The second kappa shape index (κ2) is 11.4. The zero-order chi connectivity index (χ0) is 28.8. The largest absolute Gasteiger partial charge is 0.480 e. The van der Waals surface area contributed by atoms with Crippen LogP contribution in [0.25, 0.3) is 22.4 Å². The van der Waals surface area contributed by atoms with Crippen LogP contribution in [0.3, 0.4) is 0 Å². The van der Waals surface area contributed by atoms with Gasteiger partial charge in [0.15, 0.2) is 5.69 Å². The lowest BCUT2D eigenvalue weighted by Crippen LogP contribution is -2.55. The van der Waals surface area contributed by atoms with Crippen molar-refractivity contribution < 1.29 is 9.90 Å². The second-order valence-electron chi connectivity index (χ2n) is 13.4. The van der Waals surface area contributed by atoms with Gasteiger partial charge in [-0.2, -0.15) is 0 Å². The maximum atomic E-state index is 14.5. The molecule has 1 aromatic carbocycles. The lowest BCUT2D eigenvalue weighted by molar-refractivity contribution is -0.137. The highest BCUT2D eigenvalue weighted by Gasteiger charge is 2.43. The summed E-state index contributed by atoms with van der Waals surface area (Å²) in [4.78, 5) is 46.5. The van der Waals surface area contributed by atoms with Crippen LogP contribution < -0.4 is 11.1 Å². The van der Waals surface area contributed by atoms with Crippen LogP contribution in [0.1, 0.15) is 83.1 Å². The fourth-order valence-electron chi connectivity index (χ4n) is 9.08. The molecule has 3 aromatic rings. The number of hydrogen-bond acceptors (Lipinski definition) is 5. The maximum absolute atomic E-state index is 14.5. The average molecular weight is 571 g/mol. The van der Waals surface area contributed by atoms with Gasteiger partial charge in [-0.05, 0) is 74.5 Å². The molecule has 8 nitrogen and oxygen atoms in total. The van der Waals surface area contributed by atoms with Gasteiger partial charge in [-0.1, -0.05) is 56.7 Å². The number of aromatic nitrogens is 3. The van der Waals surface area contributed by atoms with E-state index in [1.807, 2.05) is 28.8 Å². The number of carbonyl (C=O) groups is 1. The van der Waals surface area contributed by atoms with E-state index in [0.29, 0.717) is 23.5 Å². The van der Waals surface area contributed by atoms with Crippen molar-refractivity contribution in [1.29, 1.82) is 0 Å². The summed E-state index contributed by atoms with van der Waals surface area (Å²) in [5, 5.41) is 9.52. The summed E-state index contributed by atoms with van der Waals surface area (Å²) in [6, 6.07) is 13.5. The third-order valence-electron chi connectivity index (χ3n) is 10.9. The fraction of sp³-hybridized carbons (Fsp3) is 0.588. The van der Waals surface area contributed by atoms with Gasteiger partial charge >= 0.3 is 5.97 Å². The molecule has 0 amide bonds. The van der Waals surface area contributed by atoms with E-state index in [2.05, 4.69) is 4.90 Å². The van der Waals surface area contributed by atoms with Gasteiger partial charge in [0.1, 0.15) is 6.54 Å². The Bertz CT molecular complexity index is 1580. The molecule has 222 valence electrons. The van der Waals surface area contributed by atoms with Crippen molar-refractivity contribution >= 4 is 17.0 Å². The number of hydrogen-bond donors (Lipinski definition) is 1. The molecule has 2 saturated heterocycles. The van der Waals surface area contributed by atoms with Gasteiger partial charge in [0.25, 0.3) is 11.1 Å². The molecule has 4 bridgehead atoms. The van der Waals surface area contributed by atoms with Crippen molar-refractivity contribution in [3.05, 3.63) is 63.2 Å². The summed E-state index contributed by atoms with van der Waals surface area (Å²) in [6.07, 6.45) is 15.3. The zero-order valence-electron chi connectivity index (χ0n) is 24.4. The monoisotopic (exact) mass is 570 g/mol. The topological polar surface area (TPSA) is 97.4 Å². The van der Waals surface area contributed by atoms with Crippen LogP contribution in [0.15, 0.2) is 52.1 Å². The van der Waals surface area contributed by atoms with Crippen LogP contribution in [0, 0.1) is 17.8 Å². The van der Waals surface area contributed by atoms with Gasteiger partial charge in [-0.15, -0.1) is 0 Å². The predicted octanol–water partition coefficient (Wildman–Crippen LogP) is 5.47. The Balaban J connectivity index is 1.30. The molecule has 8 heteroatoms. The van der Waals surface area contributed by atoms with Crippen LogP contribution in [0.4, 0.5) is 0 Å². The van der Waals surface area contributed by atoms with Crippen LogP contribution in [0.2, 0.25) is 0 Å². The van der Waals surface area contributed by atoms with Gasteiger partial charge in [0.05, 0.1) is 16.7 Å². The number of aliphatic carboxylic acids is 1. The number of carboxylic acids is 1. The number of para-hydroxylation sites is 2. The molecule has 6 atom stereocenters. The molecule has 1 N–H and O–H groups in total. The molecule has 8 rings (SSSR count). The summed E-state index contributed by atoms with van der Waals surface area (Å²) in [5.74, 6) is 0.976. The molecule has 0 spiro atoms. The van der Waals surface area contributed by atoms with Crippen LogP contribution in [0.5, 0.6) is 0 Å². The Morgan fingerprint density at radius 1 is 0.833 bits per heavy atom. The Morgan fingerprint density at radius 2 is 1.57 bits per heavy atom. The van der Waals surface area contributed by atoms with Crippen molar-refractivity contribution in [3.63, 3.8) is 0 Å². The van der Waals surface area contributed by atoms with E-state index in [0.717, 1.165) is 41.3 Å². The van der Waals surface area contributed by atoms with Crippen molar-refractivity contribution in [2.45, 2.75) is 102 Å². The minimum absolute atomic E-state index is 0.0416. The Kier molecular flexibility index (Phi) is 7.51. The lowest BCUT2D eigenvalue weighted by atomic mass is 9.73. The first-order valence-corrected chi connectivity index (χ1v) is 16.2. The molecule has 2 unspecified atom stereocenters. The van der Waals surface area contributed by atoms with E-state index >= 15 is 0 Å². The molecule has 3 aliphatic carbocycles. The highest BCUT2D eigenvalue weighted by molar-refractivity contribution is 5.78. The van der Waals surface area contributed by atoms with E-state index in [1.165, 1.54) is 70.3 Å². The SMILES string of the molecule is O=C(O)Cn1c(-c2nc3ccccc3n([C@H]3C[C@H]4CCCCC3CN4C3C[C@H]4CCCC[C@@H](C3)C4)c2=O)cccc1=O. The molecule has 5 aliphatic rings. The number of carboxylic acid groups (broad SMARTS) is 1. The minimum Gasteiger partial charge on any atom is -0.480 e. The van der Waals surface area contributed by atoms with Gasteiger partial charge in [-0.3, -0.25) is 23.9 Å². The maximum Gasteiger partial charge on any atom is 0.323 e. The first kappa shape index (κ1) is 27.6. The van der Waals surface area contributed by atoms with Crippen molar-refractivity contribution in [1.82, 2.24) is 19.0 Å². The molecular formula is C34H42N4O4. The summed E-state index contributed by atoms with van der Waals surface area (Å²) < 4.78 is 3.13. The van der Waals surface area contributed by atoms with Gasteiger partial charge < -0.3 is 9.67 Å². The molecule has 0 radical (unpaired) electrons. The van der Waals surface area contributed by atoms with Crippen molar-refractivity contribution in [2.24, 2.45) is 17.8 Å². The van der Waals surface area contributed by atoms with Gasteiger partial charge in [0.2, 0.25) is 0 Å².